The molecule has 3 rings (SSSR count). The Kier molecular flexibility index (Phi) is 4.14. The Labute approximate surface area is 128 Å². The second-order valence-electron chi connectivity index (χ2n) is 5.37. The van der Waals surface area contributed by atoms with Crippen molar-refractivity contribution in [3.05, 3.63) is 65.5 Å². The van der Waals surface area contributed by atoms with E-state index in [2.05, 4.69) is 15.6 Å². The highest BCUT2D eigenvalue weighted by molar-refractivity contribution is 5.99. The fourth-order valence-electron chi connectivity index (χ4n) is 2.09. The van der Waals surface area contributed by atoms with Crippen LogP contribution in [0.4, 0.5) is 0 Å². The van der Waals surface area contributed by atoms with E-state index in [1.54, 1.807) is 36.7 Å². The molecule has 0 aliphatic heterocycles. The van der Waals surface area contributed by atoms with Crippen LogP contribution in [0.1, 0.15) is 39.1 Å². The van der Waals surface area contributed by atoms with Crippen molar-refractivity contribution in [3.63, 3.8) is 0 Å². The zero-order valence-corrected chi connectivity index (χ0v) is 12.1. The molecule has 1 aromatic carbocycles. The van der Waals surface area contributed by atoms with Crippen molar-refractivity contribution < 1.29 is 9.59 Å². The number of hydrogen-bond acceptors (Lipinski definition) is 3. The van der Waals surface area contributed by atoms with Gasteiger partial charge in [0.15, 0.2) is 0 Å². The van der Waals surface area contributed by atoms with Crippen molar-refractivity contribution in [1.82, 2.24) is 15.6 Å². The number of carbonyl (C=O) groups is 2. The number of nitrogens with one attached hydrogen (secondary N) is 2. The Bertz CT molecular complexity index is 681. The Morgan fingerprint density at radius 1 is 1.09 bits per heavy atom. The van der Waals surface area contributed by atoms with Crippen LogP contribution in [0.25, 0.3) is 0 Å². The largest absolute Gasteiger partial charge is 0.349 e. The number of hydrogen-bond donors (Lipinski definition) is 2. The summed E-state index contributed by atoms with van der Waals surface area (Å²) in [5.74, 6) is -0.325. The van der Waals surface area contributed by atoms with E-state index in [1.165, 1.54) is 0 Å². The molecule has 1 aromatic heterocycles. The van der Waals surface area contributed by atoms with Gasteiger partial charge in [-0.25, -0.2) is 0 Å². The van der Waals surface area contributed by atoms with Gasteiger partial charge in [0, 0.05) is 36.1 Å². The molecule has 1 saturated carbocycles. The summed E-state index contributed by atoms with van der Waals surface area (Å²) in [6, 6.07) is 10.8. The SMILES string of the molecule is O=C(NCc1cccnc1)c1cccc(C(=O)NC2CC2)c1. The number of nitrogens with zero attached hydrogens (tertiary/aromatic N) is 1. The Hall–Kier alpha value is -2.69. The van der Waals surface area contributed by atoms with E-state index >= 15 is 0 Å². The second-order valence-corrected chi connectivity index (χ2v) is 5.37. The molecule has 2 amide bonds. The molecule has 22 heavy (non-hydrogen) atoms. The van der Waals surface area contributed by atoms with E-state index in [9.17, 15) is 9.59 Å². The number of rotatable bonds is 5. The van der Waals surface area contributed by atoms with Crippen molar-refractivity contribution in [2.24, 2.45) is 0 Å². The minimum absolute atomic E-state index is 0.121. The molecule has 1 fully saturated rings. The summed E-state index contributed by atoms with van der Waals surface area (Å²) in [7, 11) is 0. The number of carbonyl (C=O) groups excluding carboxylic acids is 2. The van der Waals surface area contributed by atoms with Gasteiger partial charge in [0.25, 0.3) is 11.8 Å². The van der Waals surface area contributed by atoms with Gasteiger partial charge in [-0.3, -0.25) is 14.6 Å². The maximum Gasteiger partial charge on any atom is 0.251 e. The highest BCUT2D eigenvalue weighted by atomic mass is 16.2. The van der Waals surface area contributed by atoms with Gasteiger partial charge in [-0.1, -0.05) is 12.1 Å². The maximum absolute atomic E-state index is 12.2. The van der Waals surface area contributed by atoms with E-state index in [1.807, 2.05) is 12.1 Å². The molecule has 2 aromatic rings. The van der Waals surface area contributed by atoms with E-state index < -0.39 is 0 Å². The molecule has 0 unspecified atom stereocenters. The molecule has 0 radical (unpaired) electrons. The Morgan fingerprint density at radius 2 is 1.86 bits per heavy atom. The van der Waals surface area contributed by atoms with Crippen LogP contribution in [0.15, 0.2) is 48.8 Å². The molecular weight excluding hydrogens is 278 g/mol. The van der Waals surface area contributed by atoms with Gasteiger partial charge in [0.2, 0.25) is 0 Å². The molecule has 2 N–H and O–H groups in total. The summed E-state index contributed by atoms with van der Waals surface area (Å²) in [4.78, 5) is 28.2. The van der Waals surface area contributed by atoms with Crippen LogP contribution in [0.5, 0.6) is 0 Å². The van der Waals surface area contributed by atoms with Crippen molar-refractivity contribution in [1.29, 1.82) is 0 Å². The predicted molar refractivity (Wildman–Crippen MR) is 82.3 cm³/mol. The van der Waals surface area contributed by atoms with Crippen molar-refractivity contribution >= 4 is 11.8 Å². The topological polar surface area (TPSA) is 71.1 Å². The van der Waals surface area contributed by atoms with Crippen molar-refractivity contribution in [2.45, 2.75) is 25.4 Å². The summed E-state index contributed by atoms with van der Waals surface area (Å²) in [5.41, 5.74) is 1.92. The lowest BCUT2D eigenvalue weighted by Crippen LogP contribution is -2.26. The minimum atomic E-state index is -0.204. The van der Waals surface area contributed by atoms with Gasteiger partial charge >= 0.3 is 0 Å². The molecule has 0 saturated heterocycles. The van der Waals surface area contributed by atoms with Gasteiger partial charge in [-0.05, 0) is 42.7 Å². The lowest BCUT2D eigenvalue weighted by Gasteiger charge is -2.07. The van der Waals surface area contributed by atoms with Crippen LogP contribution in [-0.4, -0.2) is 22.8 Å². The second kappa shape index (κ2) is 6.39. The fourth-order valence-corrected chi connectivity index (χ4v) is 2.09. The summed E-state index contributed by atoms with van der Waals surface area (Å²) in [5, 5.41) is 5.74. The number of aromatic nitrogens is 1. The van der Waals surface area contributed by atoms with Crippen LogP contribution in [0.2, 0.25) is 0 Å². The normalized spacial score (nSPS) is 13.5. The monoisotopic (exact) mass is 295 g/mol. The standard InChI is InChI=1S/C17H17N3O2/c21-16(19-11-12-3-2-8-18-10-12)13-4-1-5-14(9-13)17(22)20-15-6-7-15/h1-5,8-10,15H,6-7,11H2,(H,19,21)(H,20,22). The van der Waals surface area contributed by atoms with Gasteiger partial charge < -0.3 is 10.6 Å². The molecule has 0 spiro atoms. The first-order valence-electron chi connectivity index (χ1n) is 7.30. The number of pyridine rings is 1. The highest BCUT2D eigenvalue weighted by Gasteiger charge is 2.24. The van der Waals surface area contributed by atoms with Crippen molar-refractivity contribution in [3.8, 4) is 0 Å². The van der Waals surface area contributed by atoms with Crippen LogP contribution >= 0.6 is 0 Å². The lowest BCUT2D eigenvalue weighted by molar-refractivity contribution is 0.0950. The lowest BCUT2D eigenvalue weighted by atomic mass is 10.1. The zero-order chi connectivity index (χ0) is 15.4. The van der Waals surface area contributed by atoms with Gasteiger partial charge in [-0.15, -0.1) is 0 Å². The highest BCUT2D eigenvalue weighted by Crippen LogP contribution is 2.19. The summed E-state index contributed by atoms with van der Waals surface area (Å²) in [6.07, 6.45) is 5.47. The molecular formula is C17H17N3O2. The van der Waals surface area contributed by atoms with Crippen LogP contribution < -0.4 is 10.6 Å². The Balaban J connectivity index is 1.63. The third kappa shape index (κ3) is 3.69. The molecule has 5 nitrogen and oxygen atoms in total. The van der Waals surface area contributed by atoms with E-state index in [0.29, 0.717) is 23.7 Å². The molecule has 1 heterocycles. The minimum Gasteiger partial charge on any atom is -0.349 e. The molecule has 0 atom stereocenters. The average Bonchev–Trinajstić information content (AvgIpc) is 3.37. The maximum atomic E-state index is 12.2. The quantitative estimate of drug-likeness (QED) is 0.885. The zero-order valence-electron chi connectivity index (χ0n) is 12.1. The third-order valence-electron chi connectivity index (χ3n) is 3.48. The van der Waals surface area contributed by atoms with Gasteiger partial charge in [0.1, 0.15) is 0 Å². The van der Waals surface area contributed by atoms with Gasteiger partial charge in [0.05, 0.1) is 0 Å². The third-order valence-corrected chi connectivity index (χ3v) is 3.48. The van der Waals surface area contributed by atoms with Crippen LogP contribution in [-0.2, 0) is 6.54 Å². The molecule has 5 heteroatoms. The average molecular weight is 295 g/mol. The van der Waals surface area contributed by atoms with Crippen LogP contribution in [0.3, 0.4) is 0 Å². The van der Waals surface area contributed by atoms with E-state index in [0.717, 1.165) is 18.4 Å². The number of benzene rings is 1. The molecule has 0 bridgehead atoms. The van der Waals surface area contributed by atoms with Gasteiger partial charge in [-0.2, -0.15) is 0 Å². The molecule has 112 valence electrons. The first-order chi connectivity index (χ1) is 10.7. The molecule has 1 aliphatic rings. The molecule has 1 aliphatic carbocycles. The van der Waals surface area contributed by atoms with Crippen molar-refractivity contribution in [2.75, 3.05) is 0 Å². The fraction of sp³-hybridized carbons (Fsp3) is 0.235. The summed E-state index contributed by atoms with van der Waals surface area (Å²) < 4.78 is 0. The predicted octanol–water partition coefficient (Wildman–Crippen LogP) is 1.90. The first-order valence-corrected chi connectivity index (χ1v) is 7.30. The summed E-state index contributed by atoms with van der Waals surface area (Å²) >= 11 is 0. The Morgan fingerprint density at radius 3 is 2.55 bits per heavy atom. The van der Waals surface area contributed by atoms with E-state index in [4.69, 9.17) is 0 Å². The van der Waals surface area contributed by atoms with E-state index in [-0.39, 0.29) is 11.8 Å². The summed E-state index contributed by atoms with van der Waals surface area (Å²) in [6.45, 7) is 0.408. The van der Waals surface area contributed by atoms with Crippen LogP contribution in [0, 0.1) is 0 Å². The smallest absolute Gasteiger partial charge is 0.251 e. The number of amides is 2. The first kappa shape index (κ1) is 14.3.